The molecule has 0 fully saturated rings. The molecule has 16 heavy (non-hydrogen) atoms. The molecule has 1 N–H and O–H groups in total. The van der Waals surface area contributed by atoms with Crippen molar-refractivity contribution in [3.63, 3.8) is 0 Å². The molecule has 90 valence electrons. The van der Waals surface area contributed by atoms with Crippen molar-refractivity contribution < 1.29 is 5.11 Å². The first kappa shape index (κ1) is 13.2. The minimum absolute atomic E-state index is 0.282. The number of rotatable bonds is 5. The fourth-order valence-corrected chi connectivity index (χ4v) is 1.98. The van der Waals surface area contributed by atoms with Gasteiger partial charge in [0.2, 0.25) is 0 Å². The quantitative estimate of drug-likeness (QED) is 0.798. The summed E-state index contributed by atoms with van der Waals surface area (Å²) in [4.78, 5) is 0. The molecule has 1 nitrogen and oxygen atoms in total. The summed E-state index contributed by atoms with van der Waals surface area (Å²) in [5.74, 6) is 0.282. The second-order valence-electron chi connectivity index (χ2n) is 4.90. The maximum absolute atomic E-state index is 10.5. The summed E-state index contributed by atoms with van der Waals surface area (Å²) in [6.45, 7) is 8.31. The largest absolute Gasteiger partial charge is 0.385 e. The van der Waals surface area contributed by atoms with E-state index < -0.39 is 5.60 Å². The molecular weight excluding hydrogens is 196 g/mol. The highest BCUT2D eigenvalue weighted by Crippen LogP contribution is 2.31. The predicted octanol–water partition coefficient (Wildman–Crippen LogP) is 3.89. The van der Waals surface area contributed by atoms with Gasteiger partial charge in [-0.25, -0.2) is 0 Å². The Morgan fingerprint density at radius 2 is 1.75 bits per heavy atom. The zero-order chi connectivity index (χ0) is 12.2. The van der Waals surface area contributed by atoms with Gasteiger partial charge in [0.1, 0.15) is 0 Å². The first-order chi connectivity index (χ1) is 7.52. The minimum atomic E-state index is -0.709. The van der Waals surface area contributed by atoms with E-state index >= 15 is 0 Å². The Labute approximate surface area is 99.5 Å². The molecule has 1 aromatic rings. The second kappa shape index (κ2) is 5.49. The molecule has 0 spiro atoms. The maximum atomic E-state index is 10.5. The van der Waals surface area contributed by atoms with Crippen LogP contribution in [0.2, 0.25) is 0 Å². The Hall–Kier alpha value is -0.820. The van der Waals surface area contributed by atoms with Crippen LogP contribution in [0.25, 0.3) is 0 Å². The van der Waals surface area contributed by atoms with Gasteiger partial charge in [-0.1, -0.05) is 57.9 Å². The van der Waals surface area contributed by atoms with Crippen molar-refractivity contribution in [3.05, 3.63) is 35.4 Å². The van der Waals surface area contributed by atoms with Gasteiger partial charge in [-0.05, 0) is 30.4 Å². The molecule has 1 heteroatoms. The van der Waals surface area contributed by atoms with Gasteiger partial charge in [0.25, 0.3) is 0 Å². The van der Waals surface area contributed by atoms with E-state index in [2.05, 4.69) is 45.0 Å². The molecule has 2 unspecified atom stereocenters. The fourth-order valence-electron chi connectivity index (χ4n) is 1.98. The maximum Gasteiger partial charge on any atom is 0.0893 e. The number of benzene rings is 1. The van der Waals surface area contributed by atoms with Crippen LogP contribution in [0.3, 0.4) is 0 Å². The highest BCUT2D eigenvalue weighted by Gasteiger charge is 2.28. The second-order valence-corrected chi connectivity index (χ2v) is 4.90. The third kappa shape index (κ3) is 2.85. The van der Waals surface area contributed by atoms with E-state index in [1.807, 2.05) is 6.92 Å². The smallest absolute Gasteiger partial charge is 0.0893 e. The molecule has 1 aromatic carbocycles. The number of hydrogen-bond acceptors (Lipinski definition) is 1. The zero-order valence-electron chi connectivity index (χ0n) is 11.0. The first-order valence-corrected chi connectivity index (χ1v) is 6.34. The van der Waals surface area contributed by atoms with Crippen molar-refractivity contribution in [3.8, 4) is 0 Å². The molecule has 1 rings (SSSR count). The minimum Gasteiger partial charge on any atom is -0.385 e. The molecular formula is C15H24O. The lowest BCUT2D eigenvalue weighted by Crippen LogP contribution is -2.29. The van der Waals surface area contributed by atoms with Crippen molar-refractivity contribution in [2.24, 2.45) is 5.92 Å². The molecule has 0 amide bonds. The highest BCUT2D eigenvalue weighted by atomic mass is 16.3. The van der Waals surface area contributed by atoms with Crippen LogP contribution < -0.4 is 0 Å². The van der Waals surface area contributed by atoms with Crippen molar-refractivity contribution in [2.75, 3.05) is 0 Å². The molecule has 0 aliphatic rings. The van der Waals surface area contributed by atoms with Crippen LogP contribution in [0.1, 0.15) is 51.7 Å². The molecule has 2 atom stereocenters. The summed E-state index contributed by atoms with van der Waals surface area (Å²) in [6.07, 6.45) is 3.27. The van der Waals surface area contributed by atoms with Gasteiger partial charge < -0.3 is 5.11 Å². The van der Waals surface area contributed by atoms with E-state index in [0.717, 1.165) is 18.4 Å². The topological polar surface area (TPSA) is 20.2 Å². The monoisotopic (exact) mass is 220 g/mol. The number of hydrogen-bond donors (Lipinski definition) is 1. The number of aryl methyl sites for hydroxylation is 1. The van der Waals surface area contributed by atoms with Gasteiger partial charge in [-0.3, -0.25) is 0 Å². The van der Waals surface area contributed by atoms with Gasteiger partial charge in [0.15, 0.2) is 0 Å². The molecule has 0 aromatic heterocycles. The average Bonchev–Trinajstić information content (AvgIpc) is 2.29. The van der Waals surface area contributed by atoms with Crippen molar-refractivity contribution >= 4 is 0 Å². The van der Waals surface area contributed by atoms with Crippen LogP contribution in [0, 0.1) is 5.92 Å². The summed E-state index contributed by atoms with van der Waals surface area (Å²) in [5.41, 5.74) is 1.67. The molecule has 0 radical (unpaired) electrons. The molecule has 0 aliphatic carbocycles. The zero-order valence-corrected chi connectivity index (χ0v) is 11.0. The van der Waals surface area contributed by atoms with Gasteiger partial charge in [-0.15, -0.1) is 0 Å². The van der Waals surface area contributed by atoms with E-state index in [4.69, 9.17) is 0 Å². The summed E-state index contributed by atoms with van der Waals surface area (Å²) in [5, 5.41) is 10.5. The summed E-state index contributed by atoms with van der Waals surface area (Å²) in [7, 11) is 0. The molecule has 0 heterocycles. The summed E-state index contributed by atoms with van der Waals surface area (Å²) < 4.78 is 0. The van der Waals surface area contributed by atoms with Crippen LogP contribution in [-0.2, 0) is 12.0 Å². The van der Waals surface area contributed by atoms with E-state index in [1.54, 1.807) is 0 Å². The highest BCUT2D eigenvalue weighted by molar-refractivity contribution is 5.27. The third-order valence-corrected chi connectivity index (χ3v) is 3.65. The van der Waals surface area contributed by atoms with Crippen LogP contribution in [0.4, 0.5) is 0 Å². The Balaban J connectivity index is 2.88. The van der Waals surface area contributed by atoms with Gasteiger partial charge >= 0.3 is 0 Å². The van der Waals surface area contributed by atoms with Gasteiger partial charge in [0.05, 0.1) is 5.60 Å². The van der Waals surface area contributed by atoms with Crippen LogP contribution in [0.15, 0.2) is 24.3 Å². The van der Waals surface area contributed by atoms with E-state index in [9.17, 15) is 5.11 Å². The van der Waals surface area contributed by atoms with E-state index in [-0.39, 0.29) is 5.92 Å². The van der Waals surface area contributed by atoms with Crippen LogP contribution in [0.5, 0.6) is 0 Å². The molecule has 0 saturated carbocycles. The standard InChI is InChI=1S/C15H24O/c1-5-7-13-8-10-14(11-9-13)15(4,16)12(3)6-2/h8-12,16H,5-7H2,1-4H3. The van der Waals surface area contributed by atoms with Crippen LogP contribution in [-0.4, -0.2) is 5.11 Å². The van der Waals surface area contributed by atoms with Gasteiger partial charge in [0, 0.05) is 0 Å². The summed E-state index contributed by atoms with van der Waals surface area (Å²) >= 11 is 0. The molecule has 0 bridgehead atoms. The van der Waals surface area contributed by atoms with Crippen molar-refractivity contribution in [2.45, 2.75) is 52.6 Å². The lowest BCUT2D eigenvalue weighted by molar-refractivity contribution is 0.00000936. The van der Waals surface area contributed by atoms with E-state index in [0.29, 0.717) is 0 Å². The predicted molar refractivity (Wildman–Crippen MR) is 69.5 cm³/mol. The Morgan fingerprint density at radius 1 is 1.19 bits per heavy atom. The Morgan fingerprint density at radius 3 is 2.19 bits per heavy atom. The Bertz CT molecular complexity index is 311. The van der Waals surface area contributed by atoms with Crippen molar-refractivity contribution in [1.82, 2.24) is 0 Å². The van der Waals surface area contributed by atoms with E-state index in [1.165, 1.54) is 12.0 Å². The Kier molecular flexibility index (Phi) is 4.55. The summed E-state index contributed by atoms with van der Waals surface area (Å²) in [6, 6.07) is 8.40. The van der Waals surface area contributed by atoms with Gasteiger partial charge in [-0.2, -0.15) is 0 Å². The lowest BCUT2D eigenvalue weighted by atomic mass is 9.82. The third-order valence-electron chi connectivity index (χ3n) is 3.65. The first-order valence-electron chi connectivity index (χ1n) is 6.34. The van der Waals surface area contributed by atoms with Crippen molar-refractivity contribution in [1.29, 1.82) is 0 Å². The number of aliphatic hydroxyl groups is 1. The van der Waals surface area contributed by atoms with Crippen LogP contribution >= 0.6 is 0 Å². The molecule has 0 saturated heterocycles. The fraction of sp³-hybridized carbons (Fsp3) is 0.600. The lowest BCUT2D eigenvalue weighted by Gasteiger charge is -2.30. The molecule has 0 aliphatic heterocycles. The average molecular weight is 220 g/mol. The normalized spacial score (nSPS) is 16.8. The SMILES string of the molecule is CCCc1ccc(C(C)(O)C(C)CC)cc1.